The van der Waals surface area contributed by atoms with Crippen molar-refractivity contribution in [3.8, 4) is 11.3 Å². The molecule has 2 N–H and O–H groups in total. The first kappa shape index (κ1) is 17.6. The lowest BCUT2D eigenvalue weighted by atomic mass is 9.92. The highest BCUT2D eigenvalue weighted by atomic mass is 19.1. The fourth-order valence-electron chi connectivity index (χ4n) is 3.51. The van der Waals surface area contributed by atoms with E-state index in [1.165, 1.54) is 41.1 Å². The summed E-state index contributed by atoms with van der Waals surface area (Å²) in [6.45, 7) is 0. The molecule has 1 atom stereocenters. The van der Waals surface area contributed by atoms with E-state index in [4.69, 9.17) is 0 Å². The number of nitrogens with zero attached hydrogens (tertiary/aromatic N) is 6. The summed E-state index contributed by atoms with van der Waals surface area (Å²) in [5, 5.41) is 32.1. The van der Waals surface area contributed by atoms with Gasteiger partial charge in [0.15, 0.2) is 0 Å². The predicted molar refractivity (Wildman–Crippen MR) is 102 cm³/mol. The lowest BCUT2D eigenvalue weighted by molar-refractivity contribution is -0.384. The second kappa shape index (κ2) is 6.55. The van der Waals surface area contributed by atoms with Crippen molar-refractivity contribution in [3.63, 3.8) is 0 Å². The molecule has 12 heteroatoms. The monoisotopic (exact) mass is 406 g/mol. The Morgan fingerprint density at radius 1 is 1.17 bits per heavy atom. The second-order valence-electron chi connectivity index (χ2n) is 6.53. The van der Waals surface area contributed by atoms with Crippen molar-refractivity contribution in [2.45, 2.75) is 6.04 Å². The Balaban J connectivity index is 1.82. The van der Waals surface area contributed by atoms with E-state index >= 15 is 0 Å². The molecule has 0 aliphatic carbocycles. The van der Waals surface area contributed by atoms with Crippen LogP contribution in [0.25, 0.3) is 11.3 Å². The standard InChI is InChI=1S/C18H11FN8O3/c19-11-5-1-4-10(7-11)16-13-14(9-3-2-6-12(8-9)27(29)30)21-22-17(28)15(13)20-18-23-24-25-26(16)18/h1-8,16H,(H,22,28)(H,20,23,25). The van der Waals surface area contributed by atoms with Crippen LogP contribution in [-0.4, -0.2) is 35.3 Å². The molecule has 1 unspecified atom stereocenters. The lowest BCUT2D eigenvalue weighted by Crippen LogP contribution is -2.29. The van der Waals surface area contributed by atoms with E-state index in [0.717, 1.165) is 0 Å². The molecule has 0 bridgehead atoms. The highest BCUT2D eigenvalue weighted by molar-refractivity contribution is 5.76. The van der Waals surface area contributed by atoms with Gasteiger partial charge in [-0.05, 0) is 28.1 Å². The molecule has 0 saturated carbocycles. The summed E-state index contributed by atoms with van der Waals surface area (Å²) in [6.07, 6.45) is 0. The van der Waals surface area contributed by atoms with Gasteiger partial charge in [-0.1, -0.05) is 29.4 Å². The average Bonchev–Trinajstić information content (AvgIpc) is 3.21. The van der Waals surface area contributed by atoms with Crippen LogP contribution in [0.5, 0.6) is 0 Å². The summed E-state index contributed by atoms with van der Waals surface area (Å²) < 4.78 is 15.4. The quantitative estimate of drug-likeness (QED) is 0.343. The minimum Gasteiger partial charge on any atom is -0.318 e. The zero-order valence-corrected chi connectivity index (χ0v) is 15.0. The van der Waals surface area contributed by atoms with Crippen LogP contribution < -0.4 is 10.9 Å². The van der Waals surface area contributed by atoms with E-state index in [0.29, 0.717) is 16.7 Å². The van der Waals surface area contributed by atoms with Gasteiger partial charge in [0.05, 0.1) is 10.6 Å². The number of nitro groups is 1. The highest BCUT2D eigenvalue weighted by Gasteiger charge is 2.34. The molecule has 1 aliphatic heterocycles. The van der Waals surface area contributed by atoms with E-state index < -0.39 is 22.3 Å². The SMILES string of the molecule is O=c1[nH]nc(-c2cccc([N+](=O)[O-])c2)c2c1Nc1nnnn1C2c1cccc(F)c1. The number of non-ortho nitro benzene ring substituents is 1. The summed E-state index contributed by atoms with van der Waals surface area (Å²) in [5.41, 5.74) is 0.976. The fraction of sp³-hybridized carbons (Fsp3) is 0.0556. The smallest absolute Gasteiger partial charge is 0.288 e. The number of nitrogens with one attached hydrogen (secondary N) is 2. The summed E-state index contributed by atoms with van der Waals surface area (Å²) in [5.74, 6) is -0.282. The van der Waals surface area contributed by atoms with E-state index in [1.807, 2.05) is 0 Å². The first-order chi connectivity index (χ1) is 14.5. The maximum absolute atomic E-state index is 14.0. The van der Waals surface area contributed by atoms with Crippen LogP contribution >= 0.6 is 0 Å². The first-order valence-corrected chi connectivity index (χ1v) is 8.70. The van der Waals surface area contributed by atoms with Crippen LogP contribution in [-0.2, 0) is 0 Å². The Labute approximate surface area is 166 Å². The second-order valence-corrected chi connectivity index (χ2v) is 6.53. The summed E-state index contributed by atoms with van der Waals surface area (Å²) in [7, 11) is 0. The van der Waals surface area contributed by atoms with Crippen molar-refractivity contribution in [3.05, 3.63) is 85.9 Å². The molecule has 2 aromatic heterocycles. The number of hydrogen-bond donors (Lipinski definition) is 2. The molecule has 11 nitrogen and oxygen atoms in total. The van der Waals surface area contributed by atoms with Gasteiger partial charge < -0.3 is 5.32 Å². The maximum atomic E-state index is 14.0. The number of hydrogen-bond acceptors (Lipinski definition) is 8. The minimum atomic E-state index is -0.786. The van der Waals surface area contributed by atoms with Crippen molar-refractivity contribution in [2.75, 3.05) is 5.32 Å². The summed E-state index contributed by atoms with van der Waals surface area (Å²) >= 11 is 0. The van der Waals surface area contributed by atoms with Crippen molar-refractivity contribution in [2.24, 2.45) is 0 Å². The van der Waals surface area contributed by atoms with Crippen molar-refractivity contribution >= 4 is 17.3 Å². The third-order valence-electron chi connectivity index (χ3n) is 4.76. The molecule has 0 amide bonds. The molecular formula is C18H11FN8O3. The molecule has 1 aliphatic rings. The van der Waals surface area contributed by atoms with Crippen molar-refractivity contribution in [1.29, 1.82) is 0 Å². The molecule has 4 aromatic rings. The molecule has 30 heavy (non-hydrogen) atoms. The summed E-state index contributed by atoms with van der Waals surface area (Å²) in [4.78, 5) is 23.3. The topological polar surface area (TPSA) is 145 Å². The van der Waals surface area contributed by atoms with Gasteiger partial charge in [0, 0.05) is 23.3 Å². The van der Waals surface area contributed by atoms with Gasteiger partial charge in [0.2, 0.25) is 5.95 Å². The number of fused-ring (bicyclic) bond motifs is 2. The molecule has 0 spiro atoms. The van der Waals surface area contributed by atoms with Crippen LogP contribution in [0.4, 0.5) is 21.7 Å². The van der Waals surface area contributed by atoms with Gasteiger partial charge in [-0.2, -0.15) is 9.78 Å². The Bertz CT molecular complexity index is 1370. The first-order valence-electron chi connectivity index (χ1n) is 8.70. The molecule has 2 aromatic carbocycles. The molecular weight excluding hydrogens is 395 g/mol. The zero-order chi connectivity index (χ0) is 20.8. The number of aromatic nitrogens is 6. The van der Waals surface area contributed by atoms with Gasteiger partial charge in [0.25, 0.3) is 11.2 Å². The van der Waals surface area contributed by atoms with Gasteiger partial charge in [0.1, 0.15) is 17.5 Å². The minimum absolute atomic E-state index is 0.128. The van der Waals surface area contributed by atoms with E-state index in [-0.39, 0.29) is 23.0 Å². The lowest BCUT2D eigenvalue weighted by Gasteiger charge is -2.27. The van der Waals surface area contributed by atoms with Gasteiger partial charge in [-0.15, -0.1) is 0 Å². The Morgan fingerprint density at radius 3 is 2.80 bits per heavy atom. The number of benzene rings is 2. The van der Waals surface area contributed by atoms with Gasteiger partial charge in [-0.25, -0.2) is 9.49 Å². The van der Waals surface area contributed by atoms with Crippen LogP contribution in [0.3, 0.4) is 0 Å². The number of halogens is 1. The number of nitro benzene ring substituents is 1. The number of H-pyrrole nitrogens is 1. The maximum Gasteiger partial charge on any atom is 0.288 e. The predicted octanol–water partition coefficient (Wildman–Crippen LogP) is 2.17. The number of aromatic amines is 1. The van der Waals surface area contributed by atoms with Crippen LogP contribution in [0.1, 0.15) is 17.2 Å². The van der Waals surface area contributed by atoms with Gasteiger partial charge >= 0.3 is 0 Å². The average molecular weight is 406 g/mol. The molecule has 3 heterocycles. The highest BCUT2D eigenvalue weighted by Crippen LogP contribution is 2.41. The van der Waals surface area contributed by atoms with Crippen molar-refractivity contribution in [1.82, 2.24) is 30.4 Å². The molecule has 0 fully saturated rings. The Kier molecular flexibility index (Phi) is 3.84. The van der Waals surface area contributed by atoms with E-state index in [9.17, 15) is 19.3 Å². The number of rotatable bonds is 3. The fourth-order valence-corrected chi connectivity index (χ4v) is 3.51. The van der Waals surface area contributed by atoms with Gasteiger partial charge in [-0.3, -0.25) is 14.9 Å². The Morgan fingerprint density at radius 2 is 2.00 bits per heavy atom. The zero-order valence-electron chi connectivity index (χ0n) is 15.0. The van der Waals surface area contributed by atoms with Crippen LogP contribution in [0.2, 0.25) is 0 Å². The third kappa shape index (κ3) is 2.70. The molecule has 5 rings (SSSR count). The van der Waals surface area contributed by atoms with E-state index in [2.05, 4.69) is 31.0 Å². The Hall–Kier alpha value is -4.48. The summed E-state index contributed by atoms with van der Waals surface area (Å²) in [6, 6.07) is 10.9. The molecule has 148 valence electrons. The molecule has 0 saturated heterocycles. The third-order valence-corrected chi connectivity index (χ3v) is 4.76. The van der Waals surface area contributed by atoms with Crippen LogP contribution in [0.15, 0.2) is 53.3 Å². The molecule has 0 radical (unpaired) electrons. The van der Waals surface area contributed by atoms with E-state index in [1.54, 1.807) is 12.1 Å². The number of tetrazole rings is 1. The van der Waals surface area contributed by atoms with Crippen molar-refractivity contribution < 1.29 is 9.31 Å². The van der Waals surface area contributed by atoms with Crippen LogP contribution in [0, 0.1) is 15.9 Å². The number of anilines is 2. The normalized spacial score (nSPS) is 14.5. The largest absolute Gasteiger partial charge is 0.318 e.